The van der Waals surface area contributed by atoms with Gasteiger partial charge in [-0.3, -0.25) is 9.59 Å². The molecular weight excluding hydrogens is 228 g/mol. The largest absolute Gasteiger partial charge is 0.331 e. The number of hydrogen-bond acceptors (Lipinski definition) is 3. The van der Waals surface area contributed by atoms with E-state index in [1.807, 2.05) is 30.3 Å². The summed E-state index contributed by atoms with van der Waals surface area (Å²) in [6.07, 6.45) is 0. The van der Waals surface area contributed by atoms with Crippen LogP contribution in [0.1, 0.15) is 5.56 Å². The fraction of sp³-hybridized carbons (Fsp3) is 0.429. The minimum Gasteiger partial charge on any atom is -0.331 e. The number of amides is 1. The van der Waals surface area contributed by atoms with Gasteiger partial charge >= 0.3 is 0 Å². The summed E-state index contributed by atoms with van der Waals surface area (Å²) in [7, 11) is 0. The highest BCUT2D eigenvalue weighted by Crippen LogP contribution is 2.26. The summed E-state index contributed by atoms with van der Waals surface area (Å²) in [6.45, 7) is 2.10. The number of Topliss-reactive ketones (excluding diaryl/α,β-unsaturated/α-hetero) is 1. The molecule has 2 heterocycles. The molecule has 1 aromatic rings. The Labute approximate surface area is 106 Å². The molecule has 1 amide bonds. The Hall–Kier alpha value is -1.68. The van der Waals surface area contributed by atoms with Gasteiger partial charge in [-0.15, -0.1) is 0 Å². The molecule has 0 spiro atoms. The van der Waals surface area contributed by atoms with Crippen LogP contribution >= 0.6 is 0 Å². The highest BCUT2D eigenvalue weighted by molar-refractivity contribution is 5.97. The summed E-state index contributed by atoms with van der Waals surface area (Å²) in [5.41, 5.74) is 1.07. The number of nitrogens with zero attached hydrogens (tertiary/aromatic N) is 1. The van der Waals surface area contributed by atoms with E-state index in [9.17, 15) is 9.59 Å². The van der Waals surface area contributed by atoms with Crippen molar-refractivity contribution in [3.8, 4) is 0 Å². The molecule has 0 aromatic heterocycles. The van der Waals surface area contributed by atoms with Crippen molar-refractivity contribution in [1.29, 1.82) is 0 Å². The van der Waals surface area contributed by atoms with E-state index < -0.39 is 0 Å². The number of carbonyl (C=O) groups is 2. The van der Waals surface area contributed by atoms with Gasteiger partial charge in [-0.05, 0) is 5.56 Å². The molecule has 2 fully saturated rings. The van der Waals surface area contributed by atoms with Gasteiger partial charge in [0.25, 0.3) is 0 Å². The predicted octanol–water partition coefficient (Wildman–Crippen LogP) is 0.434. The topological polar surface area (TPSA) is 49.4 Å². The number of likely N-dealkylation sites (tertiary alicyclic amines) is 1. The molecule has 2 saturated heterocycles. The fourth-order valence-electron chi connectivity index (χ4n) is 2.83. The van der Waals surface area contributed by atoms with Crippen molar-refractivity contribution in [3.63, 3.8) is 0 Å². The van der Waals surface area contributed by atoms with Crippen molar-refractivity contribution >= 4 is 11.7 Å². The average molecular weight is 244 g/mol. The maximum atomic E-state index is 12.3. The second-order valence-electron chi connectivity index (χ2n) is 5.02. The molecule has 1 aromatic carbocycles. The van der Waals surface area contributed by atoms with Crippen molar-refractivity contribution < 1.29 is 9.59 Å². The highest BCUT2D eigenvalue weighted by Gasteiger charge is 2.44. The van der Waals surface area contributed by atoms with Crippen LogP contribution in [0, 0.1) is 11.8 Å². The van der Waals surface area contributed by atoms with E-state index in [0.717, 1.165) is 5.56 Å². The monoisotopic (exact) mass is 244 g/mol. The normalized spacial score (nSPS) is 27.4. The van der Waals surface area contributed by atoms with Crippen molar-refractivity contribution in [3.05, 3.63) is 35.9 Å². The van der Waals surface area contributed by atoms with Crippen LogP contribution in [0.25, 0.3) is 0 Å². The summed E-state index contributed by atoms with van der Waals surface area (Å²) >= 11 is 0. The van der Waals surface area contributed by atoms with Crippen molar-refractivity contribution in [2.24, 2.45) is 11.8 Å². The molecule has 3 rings (SSSR count). The SMILES string of the molecule is O=C1CN(Cc2ccccc2)C(=O)[C@@H]2CNC[C@H]12. The third-order valence-electron chi connectivity index (χ3n) is 3.82. The van der Waals surface area contributed by atoms with Gasteiger partial charge in [-0.1, -0.05) is 30.3 Å². The van der Waals surface area contributed by atoms with Crippen LogP contribution in [0.3, 0.4) is 0 Å². The number of benzene rings is 1. The smallest absolute Gasteiger partial charge is 0.228 e. The molecule has 2 aliphatic heterocycles. The molecule has 0 unspecified atom stereocenters. The van der Waals surface area contributed by atoms with Crippen molar-refractivity contribution in [2.45, 2.75) is 6.54 Å². The predicted molar refractivity (Wildman–Crippen MR) is 66.7 cm³/mol. The lowest BCUT2D eigenvalue weighted by Crippen LogP contribution is -2.50. The molecule has 0 bridgehead atoms. The molecule has 2 atom stereocenters. The minimum absolute atomic E-state index is 0.0930. The molecular formula is C14H16N2O2. The second-order valence-corrected chi connectivity index (χ2v) is 5.02. The molecule has 4 nitrogen and oxygen atoms in total. The van der Waals surface area contributed by atoms with Gasteiger partial charge < -0.3 is 10.2 Å². The molecule has 18 heavy (non-hydrogen) atoms. The first-order valence-electron chi connectivity index (χ1n) is 6.32. The van der Waals surface area contributed by atoms with Crippen molar-refractivity contribution in [1.82, 2.24) is 10.2 Å². The fourth-order valence-corrected chi connectivity index (χ4v) is 2.83. The van der Waals surface area contributed by atoms with Crippen LogP contribution in [-0.4, -0.2) is 36.2 Å². The van der Waals surface area contributed by atoms with Gasteiger partial charge in [0.15, 0.2) is 5.78 Å². The Kier molecular flexibility index (Phi) is 2.88. The Morgan fingerprint density at radius 2 is 1.83 bits per heavy atom. The zero-order valence-electron chi connectivity index (χ0n) is 10.1. The maximum Gasteiger partial charge on any atom is 0.228 e. The third-order valence-corrected chi connectivity index (χ3v) is 3.82. The molecule has 0 radical (unpaired) electrons. The Bertz CT molecular complexity index is 472. The number of fused-ring (bicyclic) bond motifs is 1. The number of piperidine rings is 1. The van der Waals surface area contributed by atoms with Crippen LogP contribution in [0.15, 0.2) is 30.3 Å². The molecule has 1 N–H and O–H groups in total. The van der Waals surface area contributed by atoms with Gasteiger partial charge in [-0.25, -0.2) is 0 Å². The lowest BCUT2D eigenvalue weighted by molar-refractivity contribution is -0.148. The summed E-state index contributed by atoms with van der Waals surface area (Å²) in [4.78, 5) is 26.0. The highest BCUT2D eigenvalue weighted by atomic mass is 16.2. The molecule has 0 aliphatic carbocycles. The lowest BCUT2D eigenvalue weighted by Gasteiger charge is -2.32. The zero-order chi connectivity index (χ0) is 12.5. The number of rotatable bonds is 2. The number of carbonyl (C=O) groups excluding carboxylic acids is 2. The summed E-state index contributed by atoms with van der Waals surface area (Å²) in [5, 5.41) is 3.14. The number of nitrogens with one attached hydrogen (secondary N) is 1. The van der Waals surface area contributed by atoms with Gasteiger partial charge in [-0.2, -0.15) is 0 Å². The van der Waals surface area contributed by atoms with Gasteiger partial charge in [0.05, 0.1) is 12.5 Å². The van der Waals surface area contributed by atoms with Crippen LogP contribution in [0.2, 0.25) is 0 Å². The quantitative estimate of drug-likeness (QED) is 0.821. The second kappa shape index (κ2) is 4.53. The Morgan fingerprint density at radius 1 is 1.11 bits per heavy atom. The van der Waals surface area contributed by atoms with Crippen LogP contribution in [-0.2, 0) is 16.1 Å². The van der Waals surface area contributed by atoms with E-state index in [1.165, 1.54) is 0 Å². The maximum absolute atomic E-state index is 12.3. The summed E-state index contributed by atoms with van der Waals surface area (Å²) in [6, 6.07) is 9.81. The first-order chi connectivity index (χ1) is 8.75. The van der Waals surface area contributed by atoms with Crippen LogP contribution < -0.4 is 5.32 Å². The zero-order valence-corrected chi connectivity index (χ0v) is 10.1. The molecule has 2 aliphatic rings. The van der Waals surface area contributed by atoms with Gasteiger partial charge in [0.2, 0.25) is 5.91 Å². The molecule has 94 valence electrons. The lowest BCUT2D eigenvalue weighted by atomic mass is 9.86. The van der Waals surface area contributed by atoms with Crippen molar-refractivity contribution in [2.75, 3.05) is 19.6 Å². The van der Waals surface area contributed by atoms with E-state index in [4.69, 9.17) is 0 Å². The standard InChI is InChI=1S/C14H16N2O2/c17-13-9-16(8-10-4-2-1-3-5-10)14(18)12-7-15-6-11(12)13/h1-5,11-12,15H,6-9H2/t11-,12+/m0/s1. The van der Waals surface area contributed by atoms with Gasteiger partial charge in [0, 0.05) is 25.6 Å². The average Bonchev–Trinajstić information content (AvgIpc) is 2.87. The first kappa shape index (κ1) is 11.4. The number of hydrogen-bond donors (Lipinski definition) is 1. The Balaban J connectivity index is 1.77. The molecule has 4 heteroatoms. The number of ketones is 1. The minimum atomic E-state index is -0.144. The van der Waals surface area contributed by atoms with E-state index >= 15 is 0 Å². The van der Waals surface area contributed by atoms with Crippen LogP contribution in [0.5, 0.6) is 0 Å². The van der Waals surface area contributed by atoms with Gasteiger partial charge in [0.1, 0.15) is 0 Å². The molecule has 0 saturated carbocycles. The van der Waals surface area contributed by atoms with Crippen LogP contribution in [0.4, 0.5) is 0 Å². The Morgan fingerprint density at radius 3 is 2.61 bits per heavy atom. The first-order valence-corrected chi connectivity index (χ1v) is 6.32. The van der Waals surface area contributed by atoms with E-state index in [2.05, 4.69) is 5.32 Å². The summed E-state index contributed by atoms with van der Waals surface area (Å²) < 4.78 is 0. The van der Waals surface area contributed by atoms with E-state index in [-0.39, 0.29) is 30.1 Å². The summed E-state index contributed by atoms with van der Waals surface area (Å²) in [5.74, 6) is 0.0773. The van der Waals surface area contributed by atoms with E-state index in [0.29, 0.717) is 19.6 Å². The third kappa shape index (κ3) is 1.93. The van der Waals surface area contributed by atoms with E-state index in [1.54, 1.807) is 4.90 Å².